The SMILES string of the molecule is O=C(Nc1cccc(CO)c1)c1ccc(CSc2nc3ccccc3s2)cc1. The first-order valence-corrected chi connectivity index (χ1v) is 10.6. The highest BCUT2D eigenvalue weighted by molar-refractivity contribution is 8.00. The van der Waals surface area contributed by atoms with Crippen LogP contribution in [0, 0.1) is 0 Å². The van der Waals surface area contributed by atoms with Crippen molar-refractivity contribution in [3.05, 3.63) is 89.5 Å². The Morgan fingerprint density at radius 3 is 2.61 bits per heavy atom. The maximum atomic E-state index is 12.4. The number of carbonyl (C=O) groups is 1. The van der Waals surface area contributed by atoms with Crippen LogP contribution in [0.25, 0.3) is 10.2 Å². The number of hydrogen-bond acceptors (Lipinski definition) is 5. The second kappa shape index (κ2) is 8.56. The third-order valence-electron chi connectivity index (χ3n) is 4.22. The van der Waals surface area contributed by atoms with E-state index in [1.54, 1.807) is 35.2 Å². The Labute approximate surface area is 171 Å². The summed E-state index contributed by atoms with van der Waals surface area (Å²) in [6.07, 6.45) is 0. The van der Waals surface area contributed by atoms with E-state index in [2.05, 4.69) is 16.4 Å². The summed E-state index contributed by atoms with van der Waals surface area (Å²) in [6, 6.07) is 22.9. The zero-order valence-electron chi connectivity index (χ0n) is 15.0. The van der Waals surface area contributed by atoms with Gasteiger partial charge >= 0.3 is 0 Å². The molecule has 28 heavy (non-hydrogen) atoms. The second-order valence-electron chi connectivity index (χ2n) is 6.25. The molecule has 6 heteroatoms. The van der Waals surface area contributed by atoms with E-state index in [1.165, 1.54) is 4.70 Å². The lowest BCUT2D eigenvalue weighted by Gasteiger charge is -2.07. The normalized spacial score (nSPS) is 10.9. The number of para-hydroxylation sites is 1. The van der Waals surface area contributed by atoms with Gasteiger partial charge in [0.05, 0.1) is 16.8 Å². The fourth-order valence-electron chi connectivity index (χ4n) is 2.76. The molecule has 4 rings (SSSR count). The monoisotopic (exact) mass is 406 g/mol. The maximum Gasteiger partial charge on any atom is 0.255 e. The second-order valence-corrected chi connectivity index (χ2v) is 8.50. The fraction of sp³-hybridized carbons (Fsp3) is 0.0909. The number of thiazole rings is 1. The number of hydrogen-bond donors (Lipinski definition) is 2. The summed E-state index contributed by atoms with van der Waals surface area (Å²) in [6.45, 7) is -0.0509. The van der Waals surface area contributed by atoms with E-state index < -0.39 is 0 Å². The summed E-state index contributed by atoms with van der Waals surface area (Å²) < 4.78 is 2.24. The van der Waals surface area contributed by atoms with Gasteiger partial charge in [-0.05, 0) is 47.5 Å². The highest BCUT2D eigenvalue weighted by Crippen LogP contribution is 2.31. The van der Waals surface area contributed by atoms with Crippen molar-refractivity contribution in [3.8, 4) is 0 Å². The van der Waals surface area contributed by atoms with E-state index >= 15 is 0 Å². The smallest absolute Gasteiger partial charge is 0.255 e. The molecule has 0 radical (unpaired) electrons. The number of thioether (sulfide) groups is 1. The van der Waals surface area contributed by atoms with E-state index in [0.717, 1.165) is 26.7 Å². The minimum absolute atomic E-state index is 0.0509. The number of benzene rings is 3. The molecule has 1 aromatic heterocycles. The van der Waals surface area contributed by atoms with Gasteiger partial charge in [0.15, 0.2) is 4.34 Å². The molecule has 0 saturated heterocycles. The molecule has 2 N–H and O–H groups in total. The lowest BCUT2D eigenvalue weighted by atomic mass is 10.1. The highest BCUT2D eigenvalue weighted by Gasteiger charge is 2.08. The lowest BCUT2D eigenvalue weighted by molar-refractivity contribution is 0.102. The molecule has 140 valence electrons. The molecule has 4 aromatic rings. The summed E-state index contributed by atoms with van der Waals surface area (Å²) in [5, 5.41) is 12.1. The number of aliphatic hydroxyl groups excluding tert-OH is 1. The predicted molar refractivity (Wildman–Crippen MR) is 116 cm³/mol. The molecular weight excluding hydrogens is 388 g/mol. The quantitative estimate of drug-likeness (QED) is 0.425. The van der Waals surface area contributed by atoms with Crippen molar-refractivity contribution >= 4 is 44.9 Å². The average Bonchev–Trinajstić information content (AvgIpc) is 3.16. The van der Waals surface area contributed by atoms with Crippen LogP contribution in [0.2, 0.25) is 0 Å². The van der Waals surface area contributed by atoms with Crippen molar-refractivity contribution < 1.29 is 9.90 Å². The van der Waals surface area contributed by atoms with Gasteiger partial charge < -0.3 is 10.4 Å². The largest absolute Gasteiger partial charge is 0.392 e. The number of amides is 1. The molecule has 0 atom stereocenters. The first-order valence-electron chi connectivity index (χ1n) is 8.80. The van der Waals surface area contributed by atoms with Crippen molar-refractivity contribution in [3.63, 3.8) is 0 Å². The Bertz CT molecular complexity index is 1070. The number of nitrogens with zero attached hydrogens (tertiary/aromatic N) is 1. The van der Waals surface area contributed by atoms with Gasteiger partial charge in [0.2, 0.25) is 0 Å². The number of fused-ring (bicyclic) bond motifs is 1. The average molecular weight is 407 g/mol. The number of anilines is 1. The Kier molecular flexibility index (Phi) is 5.71. The van der Waals surface area contributed by atoms with Crippen LogP contribution in [-0.2, 0) is 12.4 Å². The number of aliphatic hydroxyl groups is 1. The molecule has 1 amide bonds. The summed E-state index contributed by atoms with van der Waals surface area (Å²) in [7, 11) is 0. The van der Waals surface area contributed by atoms with Crippen LogP contribution in [0.5, 0.6) is 0 Å². The van der Waals surface area contributed by atoms with Crippen LogP contribution in [0.4, 0.5) is 5.69 Å². The van der Waals surface area contributed by atoms with E-state index in [9.17, 15) is 9.90 Å². The lowest BCUT2D eigenvalue weighted by Crippen LogP contribution is -2.12. The van der Waals surface area contributed by atoms with E-state index in [0.29, 0.717) is 11.3 Å². The molecule has 1 heterocycles. The van der Waals surface area contributed by atoms with Crippen molar-refractivity contribution in [2.45, 2.75) is 16.7 Å². The zero-order chi connectivity index (χ0) is 19.3. The van der Waals surface area contributed by atoms with Crippen molar-refractivity contribution in [2.24, 2.45) is 0 Å². The third kappa shape index (κ3) is 4.42. The van der Waals surface area contributed by atoms with Crippen LogP contribution >= 0.6 is 23.1 Å². The molecule has 0 saturated carbocycles. The van der Waals surface area contributed by atoms with Gasteiger partial charge in [-0.3, -0.25) is 4.79 Å². The van der Waals surface area contributed by atoms with Crippen LogP contribution < -0.4 is 5.32 Å². The number of nitrogens with one attached hydrogen (secondary N) is 1. The van der Waals surface area contributed by atoms with Crippen LogP contribution in [-0.4, -0.2) is 16.0 Å². The molecule has 0 aliphatic rings. The molecule has 3 aromatic carbocycles. The predicted octanol–water partition coefficient (Wildman–Crippen LogP) is 5.33. The van der Waals surface area contributed by atoms with Gasteiger partial charge in [-0.25, -0.2) is 4.98 Å². The summed E-state index contributed by atoms with van der Waals surface area (Å²) >= 11 is 3.40. The Morgan fingerprint density at radius 2 is 1.82 bits per heavy atom. The molecule has 0 aliphatic heterocycles. The third-order valence-corrected chi connectivity index (χ3v) is 6.47. The van der Waals surface area contributed by atoms with Crippen LogP contribution in [0.1, 0.15) is 21.5 Å². The van der Waals surface area contributed by atoms with Gasteiger partial charge in [-0.15, -0.1) is 11.3 Å². The van der Waals surface area contributed by atoms with Gasteiger partial charge in [0, 0.05) is 17.0 Å². The van der Waals surface area contributed by atoms with Gasteiger partial charge in [0.25, 0.3) is 5.91 Å². The maximum absolute atomic E-state index is 12.4. The zero-order valence-corrected chi connectivity index (χ0v) is 16.6. The van der Waals surface area contributed by atoms with Crippen molar-refractivity contribution in [2.75, 3.05) is 5.32 Å². The standard InChI is InChI=1S/C22H18N2O2S2/c25-13-16-4-3-5-18(12-16)23-21(26)17-10-8-15(9-11-17)14-27-22-24-19-6-1-2-7-20(19)28-22/h1-12,25H,13-14H2,(H,23,26). The Hall–Kier alpha value is -2.67. The van der Waals surface area contributed by atoms with E-state index in [1.807, 2.05) is 54.6 Å². The summed E-state index contributed by atoms with van der Waals surface area (Å²) in [5.41, 5.74) is 4.21. The number of carbonyl (C=O) groups excluding carboxylic acids is 1. The molecular formula is C22H18N2O2S2. The van der Waals surface area contributed by atoms with Crippen LogP contribution in [0.3, 0.4) is 0 Å². The van der Waals surface area contributed by atoms with E-state index in [-0.39, 0.29) is 12.5 Å². The first kappa shape index (κ1) is 18.7. The Balaban J connectivity index is 1.38. The molecule has 0 fully saturated rings. The Morgan fingerprint density at radius 1 is 1.00 bits per heavy atom. The van der Waals surface area contributed by atoms with E-state index in [4.69, 9.17) is 0 Å². The summed E-state index contributed by atoms with van der Waals surface area (Å²) in [5.74, 6) is 0.640. The van der Waals surface area contributed by atoms with Gasteiger partial charge in [-0.2, -0.15) is 0 Å². The first-order chi connectivity index (χ1) is 13.7. The van der Waals surface area contributed by atoms with Crippen molar-refractivity contribution in [1.29, 1.82) is 0 Å². The number of aromatic nitrogens is 1. The molecule has 0 spiro atoms. The highest BCUT2D eigenvalue weighted by atomic mass is 32.2. The van der Waals surface area contributed by atoms with Crippen LogP contribution in [0.15, 0.2) is 77.1 Å². The summed E-state index contributed by atoms with van der Waals surface area (Å²) in [4.78, 5) is 17.1. The van der Waals surface area contributed by atoms with Gasteiger partial charge in [-0.1, -0.05) is 48.2 Å². The van der Waals surface area contributed by atoms with Gasteiger partial charge in [0.1, 0.15) is 0 Å². The van der Waals surface area contributed by atoms with Crippen molar-refractivity contribution in [1.82, 2.24) is 4.98 Å². The number of rotatable bonds is 6. The molecule has 4 nitrogen and oxygen atoms in total. The minimum atomic E-state index is -0.166. The molecule has 0 aliphatic carbocycles. The fourth-order valence-corrected chi connectivity index (χ4v) is 4.79. The topological polar surface area (TPSA) is 62.2 Å². The molecule has 0 bridgehead atoms. The minimum Gasteiger partial charge on any atom is -0.392 e. The molecule has 0 unspecified atom stereocenters.